The summed E-state index contributed by atoms with van der Waals surface area (Å²) in [7, 11) is 0. The number of hydrogen-bond acceptors (Lipinski definition) is 5. The van der Waals surface area contributed by atoms with Crippen molar-refractivity contribution >= 4 is 11.7 Å². The first-order valence-corrected chi connectivity index (χ1v) is 11.1. The molecule has 1 atom stereocenters. The Hall–Kier alpha value is -1.90. The van der Waals surface area contributed by atoms with Crippen molar-refractivity contribution in [2.45, 2.75) is 32.8 Å². The molecule has 0 radical (unpaired) electrons. The second kappa shape index (κ2) is 11.1. The summed E-state index contributed by atoms with van der Waals surface area (Å²) in [5.74, 6) is -1.48. The minimum atomic E-state index is -0.690. The van der Waals surface area contributed by atoms with E-state index in [0.717, 1.165) is 37.8 Å². The molecule has 1 amide bonds. The van der Waals surface area contributed by atoms with Gasteiger partial charge in [-0.3, -0.25) is 19.4 Å². The molecule has 0 aliphatic carbocycles. The van der Waals surface area contributed by atoms with Crippen LogP contribution in [0.1, 0.15) is 37.0 Å². The minimum absolute atomic E-state index is 0.000900. The number of carbonyl (C=O) groups is 2. The van der Waals surface area contributed by atoms with Crippen LogP contribution >= 0.6 is 0 Å². The van der Waals surface area contributed by atoms with Crippen LogP contribution in [0.25, 0.3) is 0 Å². The highest BCUT2D eigenvalue weighted by Gasteiger charge is 2.29. The van der Waals surface area contributed by atoms with Gasteiger partial charge in [0.1, 0.15) is 11.6 Å². The van der Waals surface area contributed by atoms with Crippen molar-refractivity contribution in [2.24, 2.45) is 11.8 Å². The average Bonchev–Trinajstić information content (AvgIpc) is 2.74. The zero-order valence-electron chi connectivity index (χ0n) is 18.4. The summed E-state index contributed by atoms with van der Waals surface area (Å²) in [6.07, 6.45) is 1.05. The molecule has 2 aliphatic heterocycles. The minimum Gasteiger partial charge on any atom is -0.374 e. The van der Waals surface area contributed by atoms with Crippen molar-refractivity contribution in [3.63, 3.8) is 0 Å². The van der Waals surface area contributed by atoms with Crippen molar-refractivity contribution in [1.82, 2.24) is 15.1 Å². The van der Waals surface area contributed by atoms with E-state index in [0.29, 0.717) is 45.0 Å². The fraction of sp³-hybridized carbons (Fsp3) is 0.652. The molecule has 2 saturated heterocycles. The van der Waals surface area contributed by atoms with Gasteiger partial charge < -0.3 is 10.1 Å². The largest absolute Gasteiger partial charge is 0.374 e. The molecule has 3 rings (SSSR count). The molecule has 2 heterocycles. The fourth-order valence-electron chi connectivity index (χ4n) is 4.33. The third kappa shape index (κ3) is 7.05. The van der Waals surface area contributed by atoms with Gasteiger partial charge in [0.2, 0.25) is 5.91 Å². The Morgan fingerprint density at radius 1 is 1.16 bits per heavy atom. The number of halogens is 2. The highest BCUT2D eigenvalue weighted by Crippen LogP contribution is 2.23. The number of hydrogen-bond donors (Lipinski definition) is 1. The van der Waals surface area contributed by atoms with E-state index in [1.807, 2.05) is 4.90 Å². The van der Waals surface area contributed by atoms with Crippen molar-refractivity contribution in [1.29, 1.82) is 0 Å². The van der Waals surface area contributed by atoms with Gasteiger partial charge in [-0.1, -0.05) is 13.8 Å². The maximum Gasteiger partial charge on any atom is 0.234 e. The van der Waals surface area contributed by atoms with Crippen LogP contribution in [-0.2, 0) is 9.53 Å². The molecule has 6 nitrogen and oxygen atoms in total. The molecule has 0 spiro atoms. The van der Waals surface area contributed by atoms with E-state index in [1.165, 1.54) is 0 Å². The lowest BCUT2D eigenvalue weighted by molar-refractivity contribution is -0.123. The van der Waals surface area contributed by atoms with Crippen LogP contribution in [0.5, 0.6) is 0 Å². The van der Waals surface area contributed by atoms with Gasteiger partial charge >= 0.3 is 0 Å². The predicted molar refractivity (Wildman–Crippen MR) is 114 cm³/mol. The number of Topliss-reactive ketones (excluding diaryl/α,β-unsaturated/α-hetero) is 1. The lowest BCUT2D eigenvalue weighted by atomic mass is 9.88. The second-order valence-electron chi connectivity index (χ2n) is 8.99. The van der Waals surface area contributed by atoms with E-state index in [-0.39, 0.29) is 35.8 Å². The highest BCUT2D eigenvalue weighted by molar-refractivity contribution is 5.98. The molecule has 2 aliphatic rings. The lowest BCUT2D eigenvalue weighted by Gasteiger charge is -2.34. The lowest BCUT2D eigenvalue weighted by Crippen LogP contribution is -2.50. The van der Waals surface area contributed by atoms with Crippen molar-refractivity contribution in [2.75, 3.05) is 52.4 Å². The van der Waals surface area contributed by atoms with Gasteiger partial charge in [0.05, 0.1) is 24.8 Å². The maximum absolute atomic E-state index is 13.9. The Bertz CT molecular complexity index is 766. The smallest absolute Gasteiger partial charge is 0.234 e. The number of rotatable bonds is 8. The molecular formula is C23H33F2N3O3. The van der Waals surface area contributed by atoms with Crippen LogP contribution in [0.2, 0.25) is 0 Å². The number of ketones is 1. The summed E-state index contributed by atoms with van der Waals surface area (Å²) in [6.45, 7) is 9.74. The van der Waals surface area contributed by atoms with Crippen LogP contribution in [0, 0.1) is 23.5 Å². The molecule has 0 bridgehead atoms. The van der Waals surface area contributed by atoms with Gasteiger partial charge in [-0.2, -0.15) is 0 Å². The number of carbonyl (C=O) groups excluding carboxylic acids is 2. The molecule has 0 aromatic heterocycles. The van der Waals surface area contributed by atoms with Crippen molar-refractivity contribution in [3.05, 3.63) is 35.4 Å². The first-order chi connectivity index (χ1) is 14.8. The van der Waals surface area contributed by atoms with E-state index in [9.17, 15) is 18.4 Å². The van der Waals surface area contributed by atoms with E-state index >= 15 is 0 Å². The monoisotopic (exact) mass is 437 g/mol. The van der Waals surface area contributed by atoms with Crippen LogP contribution in [-0.4, -0.2) is 80.0 Å². The van der Waals surface area contributed by atoms with Gasteiger partial charge in [-0.25, -0.2) is 8.78 Å². The average molecular weight is 438 g/mol. The van der Waals surface area contributed by atoms with Gasteiger partial charge in [0, 0.05) is 32.1 Å². The molecule has 2 fully saturated rings. The van der Waals surface area contributed by atoms with E-state index in [1.54, 1.807) is 0 Å². The Morgan fingerprint density at radius 3 is 2.61 bits per heavy atom. The van der Waals surface area contributed by atoms with E-state index < -0.39 is 11.6 Å². The molecule has 31 heavy (non-hydrogen) atoms. The van der Waals surface area contributed by atoms with Gasteiger partial charge in [0.25, 0.3) is 0 Å². The molecule has 0 saturated carbocycles. The van der Waals surface area contributed by atoms with E-state index in [4.69, 9.17) is 4.74 Å². The zero-order chi connectivity index (χ0) is 22.4. The molecule has 1 unspecified atom stereocenters. The molecule has 1 aromatic rings. The Labute approximate surface area is 182 Å². The van der Waals surface area contributed by atoms with Gasteiger partial charge in [0.15, 0.2) is 5.78 Å². The number of amides is 1. The first kappa shape index (κ1) is 23.8. The molecule has 1 N–H and O–H groups in total. The zero-order valence-corrected chi connectivity index (χ0v) is 18.4. The molecular weight excluding hydrogens is 404 g/mol. The summed E-state index contributed by atoms with van der Waals surface area (Å²) in [5.41, 5.74) is -0.185. The standard InChI is InChI=1S/C23H33F2N3O3/c1-16(2)13-28-9-10-31-19(14-28)12-26-22(29)15-27-7-5-17(6-8-27)23(30)20-11-18(24)3-4-21(20)25/h3-4,11,16-17,19H,5-10,12-15H2,1-2H3,(H,26,29). The van der Waals surface area contributed by atoms with Gasteiger partial charge in [-0.15, -0.1) is 0 Å². The van der Waals surface area contributed by atoms with E-state index in [2.05, 4.69) is 24.1 Å². The predicted octanol–water partition coefficient (Wildman–Crippen LogP) is 2.33. The summed E-state index contributed by atoms with van der Waals surface area (Å²) in [4.78, 5) is 29.3. The summed E-state index contributed by atoms with van der Waals surface area (Å²) < 4.78 is 33.0. The Balaban J connectivity index is 1.39. The molecule has 1 aromatic carbocycles. The van der Waals surface area contributed by atoms with Crippen molar-refractivity contribution < 1.29 is 23.1 Å². The number of ether oxygens (including phenoxy) is 1. The number of piperidine rings is 1. The summed E-state index contributed by atoms with van der Waals surface area (Å²) in [6, 6.07) is 2.96. The number of nitrogens with zero attached hydrogens (tertiary/aromatic N) is 2. The summed E-state index contributed by atoms with van der Waals surface area (Å²) >= 11 is 0. The number of morpholine rings is 1. The number of likely N-dealkylation sites (tertiary alicyclic amines) is 1. The Kier molecular flexibility index (Phi) is 8.51. The topological polar surface area (TPSA) is 61.9 Å². The fourth-order valence-corrected chi connectivity index (χ4v) is 4.33. The third-order valence-corrected chi connectivity index (χ3v) is 5.89. The SMILES string of the molecule is CC(C)CN1CCOC(CNC(=O)CN2CCC(C(=O)c3cc(F)ccc3F)CC2)C1. The van der Waals surface area contributed by atoms with Crippen molar-refractivity contribution in [3.8, 4) is 0 Å². The first-order valence-electron chi connectivity index (χ1n) is 11.1. The normalized spacial score (nSPS) is 21.4. The molecule has 8 heteroatoms. The van der Waals surface area contributed by atoms with Crippen LogP contribution in [0.15, 0.2) is 18.2 Å². The van der Waals surface area contributed by atoms with Crippen LogP contribution in [0.3, 0.4) is 0 Å². The van der Waals surface area contributed by atoms with Crippen LogP contribution < -0.4 is 5.32 Å². The highest BCUT2D eigenvalue weighted by atomic mass is 19.1. The van der Waals surface area contributed by atoms with Crippen LogP contribution in [0.4, 0.5) is 8.78 Å². The third-order valence-electron chi connectivity index (χ3n) is 5.89. The maximum atomic E-state index is 13.9. The Morgan fingerprint density at radius 2 is 1.90 bits per heavy atom. The molecule has 172 valence electrons. The summed E-state index contributed by atoms with van der Waals surface area (Å²) in [5, 5.41) is 2.96. The number of benzene rings is 1. The number of nitrogens with one attached hydrogen (secondary N) is 1. The quantitative estimate of drug-likeness (QED) is 0.633. The second-order valence-corrected chi connectivity index (χ2v) is 8.99. The van der Waals surface area contributed by atoms with Gasteiger partial charge in [-0.05, 0) is 50.0 Å².